The fourth-order valence-corrected chi connectivity index (χ4v) is 5.21. The van der Waals surface area contributed by atoms with Gasteiger partial charge in [-0.3, -0.25) is 33.6 Å². The van der Waals surface area contributed by atoms with Crippen LogP contribution in [0.5, 0.6) is 0 Å². The molecule has 3 atom stereocenters. The number of rotatable bonds is 40. The number of carbonyl (C=O) groups is 7. The second-order valence-electron chi connectivity index (χ2n) is 13.5. The van der Waals surface area contributed by atoms with Crippen LogP contribution in [0.1, 0.15) is 77.0 Å². The molecule has 0 aliphatic heterocycles. The Morgan fingerprint density at radius 1 is 0.448 bits per heavy atom. The van der Waals surface area contributed by atoms with Crippen molar-refractivity contribution in [3.63, 3.8) is 0 Å². The molecule has 0 aromatic carbocycles. The Kier molecular flexibility index (Phi) is 34.7. The van der Waals surface area contributed by atoms with E-state index >= 15 is 0 Å². The van der Waals surface area contributed by atoms with E-state index in [4.69, 9.17) is 36.1 Å². The van der Waals surface area contributed by atoms with Crippen LogP contribution in [0.15, 0.2) is 0 Å². The zero-order valence-electron chi connectivity index (χ0n) is 34.6. The van der Waals surface area contributed by atoms with Gasteiger partial charge in [0.2, 0.25) is 41.4 Å². The average Bonchev–Trinajstić information content (AvgIpc) is 3.18. The lowest BCUT2D eigenvalue weighted by molar-refractivity contribution is -0.127. The predicted molar refractivity (Wildman–Crippen MR) is 216 cm³/mol. The molecule has 0 bridgehead atoms. The van der Waals surface area contributed by atoms with Crippen molar-refractivity contribution in [3.05, 3.63) is 0 Å². The Bertz CT molecular complexity index is 1170. The molecule has 58 heavy (non-hydrogen) atoms. The monoisotopic (exact) mass is 833 g/mol. The smallest absolute Gasteiger partial charge is 0.246 e. The van der Waals surface area contributed by atoms with E-state index in [0.29, 0.717) is 71.1 Å². The maximum absolute atomic E-state index is 12.2. The lowest BCUT2D eigenvalue weighted by Crippen LogP contribution is -2.41. The number of amides is 7. The number of primary amides is 2. The van der Waals surface area contributed by atoms with Crippen molar-refractivity contribution >= 4 is 41.4 Å². The van der Waals surface area contributed by atoms with E-state index < -0.39 is 17.9 Å². The topological polar surface area (TPSA) is 319 Å². The third-order valence-electron chi connectivity index (χ3n) is 8.60. The molecule has 0 aliphatic carbocycles. The summed E-state index contributed by atoms with van der Waals surface area (Å²) < 4.78 is 21.3. The highest BCUT2D eigenvalue weighted by molar-refractivity contribution is 5.82. The van der Waals surface area contributed by atoms with Gasteiger partial charge in [0.25, 0.3) is 0 Å². The number of nitrogens with one attached hydrogen (secondary N) is 7. The number of unbranched alkanes of at least 4 members (excludes halogenated alkanes) is 3. The van der Waals surface area contributed by atoms with Gasteiger partial charge in [0.15, 0.2) is 0 Å². The number of nitrogens with two attached hydrogens (primary N) is 3. The molecule has 0 spiro atoms. The second kappa shape index (κ2) is 37.3. The van der Waals surface area contributed by atoms with Crippen LogP contribution in [0.3, 0.4) is 0 Å². The fourth-order valence-electron chi connectivity index (χ4n) is 5.21. The Labute approximate surface area is 342 Å². The van der Waals surface area contributed by atoms with Crippen molar-refractivity contribution in [2.45, 2.75) is 95.2 Å². The van der Waals surface area contributed by atoms with E-state index in [2.05, 4.69) is 37.2 Å². The van der Waals surface area contributed by atoms with E-state index in [1.807, 2.05) is 0 Å². The lowest BCUT2D eigenvalue weighted by Gasteiger charge is -2.14. The molecule has 0 heterocycles. The fraction of sp³-hybridized carbons (Fsp3) is 0.811. The van der Waals surface area contributed by atoms with Gasteiger partial charge in [-0.2, -0.15) is 0 Å². The molecule has 21 heteroatoms. The first-order chi connectivity index (χ1) is 27.9. The maximum atomic E-state index is 12.2. The molecule has 336 valence electrons. The minimum Gasteiger partial charge on any atom is -0.377 e. The third-order valence-corrected chi connectivity index (χ3v) is 8.60. The van der Waals surface area contributed by atoms with Gasteiger partial charge in [-0.05, 0) is 78.3 Å². The molecule has 0 fully saturated rings. The number of hydrogen-bond donors (Lipinski definition) is 10. The van der Waals surface area contributed by atoms with Gasteiger partial charge in [0, 0.05) is 45.6 Å². The first kappa shape index (κ1) is 54.0. The highest BCUT2D eigenvalue weighted by atomic mass is 16.5. The molecule has 0 unspecified atom stereocenters. The summed E-state index contributed by atoms with van der Waals surface area (Å²) in [7, 11) is 3.35. The summed E-state index contributed by atoms with van der Waals surface area (Å²) in [6, 6.07) is -1.38. The van der Waals surface area contributed by atoms with E-state index in [0.717, 1.165) is 19.3 Å². The quantitative estimate of drug-likeness (QED) is 0.0272. The molecular weight excluding hydrogens is 760 g/mol. The maximum Gasteiger partial charge on any atom is 0.246 e. The second-order valence-corrected chi connectivity index (χ2v) is 13.5. The van der Waals surface area contributed by atoms with E-state index in [1.54, 1.807) is 14.1 Å². The summed E-state index contributed by atoms with van der Waals surface area (Å²) in [5, 5.41) is 19.4. The molecular formula is C37H72N10O11. The molecule has 13 N–H and O–H groups in total. The van der Waals surface area contributed by atoms with Crippen LogP contribution >= 0.6 is 0 Å². The van der Waals surface area contributed by atoms with E-state index in [1.165, 1.54) is 0 Å². The lowest BCUT2D eigenvalue weighted by atomic mass is 10.1. The molecule has 0 saturated heterocycles. The zero-order valence-corrected chi connectivity index (χ0v) is 34.6. The van der Waals surface area contributed by atoms with Crippen LogP contribution in [-0.4, -0.2) is 159 Å². The van der Waals surface area contributed by atoms with Gasteiger partial charge in [-0.1, -0.05) is 0 Å². The van der Waals surface area contributed by atoms with Gasteiger partial charge in [0.05, 0.1) is 57.8 Å². The first-order valence-electron chi connectivity index (χ1n) is 20.2. The first-order valence-corrected chi connectivity index (χ1v) is 20.2. The molecule has 21 nitrogen and oxygen atoms in total. The summed E-state index contributed by atoms with van der Waals surface area (Å²) in [5.74, 6) is -1.90. The van der Waals surface area contributed by atoms with Gasteiger partial charge >= 0.3 is 0 Å². The van der Waals surface area contributed by atoms with E-state index in [-0.39, 0.29) is 114 Å². The molecule has 0 aromatic heterocycles. The number of likely N-dealkylation sites (N-methyl/N-ethyl adjacent to an activating group) is 2. The average molecular weight is 833 g/mol. The molecule has 7 amide bonds. The van der Waals surface area contributed by atoms with Gasteiger partial charge in [-0.15, -0.1) is 0 Å². The largest absolute Gasteiger partial charge is 0.377 e. The van der Waals surface area contributed by atoms with Crippen LogP contribution in [0.4, 0.5) is 0 Å². The predicted octanol–water partition coefficient (Wildman–Crippen LogP) is -3.21. The number of ether oxygens (including phenoxy) is 4. The number of hydrogen-bond acceptors (Lipinski definition) is 14. The summed E-state index contributed by atoms with van der Waals surface area (Å²) in [6.45, 7) is 3.25. The van der Waals surface area contributed by atoms with Crippen LogP contribution in [0.25, 0.3) is 0 Å². The van der Waals surface area contributed by atoms with Crippen molar-refractivity contribution in [3.8, 4) is 0 Å². The Morgan fingerprint density at radius 2 is 0.828 bits per heavy atom. The SMILES string of the molecule is CN[C@@H](CCCCNC(=O)COCCOCCNC(=O)COCCOCCNC(=O)CCCC(=O)NCCCC[C@H](N)C(=O)NCCCC[C@H](NC)C(N)=O)C(N)=O. The minimum absolute atomic E-state index is 0.0891. The normalized spacial score (nSPS) is 12.5. The Balaban J connectivity index is 3.57. The van der Waals surface area contributed by atoms with Crippen LogP contribution < -0.4 is 54.4 Å². The molecule has 0 saturated carbocycles. The van der Waals surface area contributed by atoms with Crippen molar-refractivity contribution < 1.29 is 52.5 Å². The van der Waals surface area contributed by atoms with Crippen molar-refractivity contribution in [2.24, 2.45) is 17.2 Å². The minimum atomic E-state index is -0.632. The Hall–Kier alpha value is -3.99. The third kappa shape index (κ3) is 33.0. The molecule has 0 radical (unpaired) electrons. The Morgan fingerprint density at radius 3 is 1.28 bits per heavy atom. The number of carbonyl (C=O) groups excluding carboxylic acids is 7. The van der Waals surface area contributed by atoms with Gasteiger partial charge < -0.3 is 73.4 Å². The van der Waals surface area contributed by atoms with Crippen LogP contribution in [0, 0.1) is 0 Å². The van der Waals surface area contributed by atoms with Crippen molar-refractivity contribution in [2.75, 3.05) is 99.7 Å². The summed E-state index contributed by atoms with van der Waals surface area (Å²) in [6.07, 6.45) is 6.79. The highest BCUT2D eigenvalue weighted by Gasteiger charge is 2.15. The van der Waals surface area contributed by atoms with Crippen molar-refractivity contribution in [1.29, 1.82) is 0 Å². The highest BCUT2D eigenvalue weighted by Crippen LogP contribution is 2.03. The summed E-state index contributed by atoms with van der Waals surface area (Å²) >= 11 is 0. The molecule has 0 aromatic rings. The van der Waals surface area contributed by atoms with Gasteiger partial charge in [-0.25, -0.2) is 0 Å². The van der Waals surface area contributed by atoms with Crippen molar-refractivity contribution in [1.82, 2.24) is 37.2 Å². The summed E-state index contributed by atoms with van der Waals surface area (Å²) in [4.78, 5) is 82.3. The zero-order chi connectivity index (χ0) is 43.2. The molecule has 0 aliphatic rings. The summed E-state index contributed by atoms with van der Waals surface area (Å²) in [5.41, 5.74) is 16.5. The standard InChI is InChI=1S/C37H72N10O11/c1-41-29(35(39)52)11-4-7-16-44-33(50)26-57-24-23-56-21-19-46-34(51)27-58-25-22-55-20-18-45-32(49)14-9-13-31(48)43-15-6-3-10-28(38)37(54)47-17-8-5-12-30(42-2)36(40)53/h28-30,41-42H,3-27,38H2,1-2H3,(H2,39,52)(H2,40,53)(H,43,48)(H,44,50)(H,45,49)(H,46,51)(H,47,54)/t28-,29-,30-/m0/s1. The molecule has 0 rings (SSSR count). The van der Waals surface area contributed by atoms with Gasteiger partial charge in [0.1, 0.15) is 13.2 Å². The van der Waals surface area contributed by atoms with E-state index in [9.17, 15) is 33.6 Å². The van der Waals surface area contributed by atoms with Crippen LogP contribution in [-0.2, 0) is 52.5 Å². The van der Waals surface area contributed by atoms with Crippen LogP contribution in [0.2, 0.25) is 0 Å².